The van der Waals surface area contributed by atoms with Crippen LogP contribution in [0.4, 0.5) is 5.69 Å². The number of rotatable bonds is 3. The van der Waals surface area contributed by atoms with Crippen molar-refractivity contribution in [2.45, 2.75) is 19.3 Å². The average molecular weight is 229 g/mol. The number of hydrogen-bond acceptors (Lipinski definition) is 2. The summed E-state index contributed by atoms with van der Waals surface area (Å²) >= 11 is 0. The monoisotopic (exact) mass is 229 g/mol. The van der Waals surface area contributed by atoms with Crippen LogP contribution >= 0.6 is 0 Å². The van der Waals surface area contributed by atoms with Crippen molar-refractivity contribution in [2.75, 3.05) is 5.32 Å². The maximum Gasteiger partial charge on any atom is 0.328 e. The van der Waals surface area contributed by atoms with Crippen LogP contribution in [0.3, 0.4) is 0 Å². The van der Waals surface area contributed by atoms with Gasteiger partial charge >= 0.3 is 5.97 Å². The molecule has 0 fully saturated rings. The normalized spacial score (nSPS) is 17.6. The van der Waals surface area contributed by atoms with E-state index < -0.39 is 5.97 Å². The van der Waals surface area contributed by atoms with Gasteiger partial charge in [-0.2, -0.15) is 0 Å². The Hall–Kier alpha value is -2.03. The number of hydrogen-bond donors (Lipinski definition) is 2. The van der Waals surface area contributed by atoms with Crippen molar-refractivity contribution < 1.29 is 9.90 Å². The topological polar surface area (TPSA) is 49.3 Å². The molecule has 3 heteroatoms. The van der Waals surface area contributed by atoms with Crippen molar-refractivity contribution in [3.63, 3.8) is 0 Å². The van der Waals surface area contributed by atoms with E-state index in [0.717, 1.165) is 36.2 Å². The minimum Gasteiger partial charge on any atom is -0.478 e. The largest absolute Gasteiger partial charge is 0.478 e. The summed E-state index contributed by atoms with van der Waals surface area (Å²) in [5.41, 5.74) is 2.99. The van der Waals surface area contributed by atoms with Crippen LogP contribution in [0.5, 0.6) is 0 Å². The van der Waals surface area contributed by atoms with Gasteiger partial charge in [-0.05, 0) is 43.0 Å². The minimum absolute atomic E-state index is 0.840. The van der Waals surface area contributed by atoms with Crippen LogP contribution in [-0.2, 0) is 4.79 Å². The summed E-state index contributed by atoms with van der Waals surface area (Å²) in [6.45, 7) is 0. The Kier molecular flexibility index (Phi) is 3.60. The van der Waals surface area contributed by atoms with Crippen LogP contribution in [-0.4, -0.2) is 11.1 Å². The minimum atomic E-state index is -0.878. The summed E-state index contributed by atoms with van der Waals surface area (Å²) < 4.78 is 0. The Morgan fingerprint density at radius 2 is 2.00 bits per heavy atom. The molecule has 0 unspecified atom stereocenters. The number of carbonyl (C=O) groups is 1. The van der Waals surface area contributed by atoms with Gasteiger partial charge in [0.25, 0.3) is 0 Å². The molecule has 0 bridgehead atoms. The van der Waals surface area contributed by atoms with Gasteiger partial charge in [-0.1, -0.05) is 18.2 Å². The molecule has 1 aromatic carbocycles. The number of allylic oxidation sites excluding steroid dienone is 3. The van der Waals surface area contributed by atoms with Crippen LogP contribution in [0.1, 0.15) is 19.3 Å². The molecule has 0 atom stereocenters. The summed E-state index contributed by atoms with van der Waals surface area (Å²) in [4.78, 5) is 10.6. The van der Waals surface area contributed by atoms with Gasteiger partial charge in [-0.15, -0.1) is 0 Å². The van der Waals surface area contributed by atoms with E-state index in [0.29, 0.717) is 0 Å². The summed E-state index contributed by atoms with van der Waals surface area (Å²) in [6.07, 6.45) is 6.01. The first-order valence-corrected chi connectivity index (χ1v) is 5.70. The highest BCUT2D eigenvalue weighted by molar-refractivity contribution is 5.81. The van der Waals surface area contributed by atoms with E-state index >= 15 is 0 Å². The standard InChI is InChI=1S/C14H15NO2/c16-14(17)10-11-5-4-8-13(9-11)15-12-6-2-1-3-7-12/h1-3,6-7,9-10,15H,4-5,8H2,(H,16,17)/b11-10+. The van der Waals surface area contributed by atoms with Gasteiger partial charge in [0, 0.05) is 17.5 Å². The number of carboxylic acid groups (broad SMARTS) is 1. The average Bonchev–Trinajstić information content (AvgIpc) is 2.30. The number of anilines is 1. The molecule has 17 heavy (non-hydrogen) atoms. The smallest absolute Gasteiger partial charge is 0.328 e. The van der Waals surface area contributed by atoms with E-state index in [1.807, 2.05) is 36.4 Å². The Morgan fingerprint density at radius 1 is 1.24 bits per heavy atom. The number of aliphatic carboxylic acids is 1. The summed E-state index contributed by atoms with van der Waals surface area (Å²) in [6, 6.07) is 9.90. The lowest BCUT2D eigenvalue weighted by Crippen LogP contribution is -2.05. The second-order valence-corrected chi connectivity index (χ2v) is 4.07. The van der Waals surface area contributed by atoms with Crippen molar-refractivity contribution in [3.8, 4) is 0 Å². The highest BCUT2D eigenvalue weighted by Gasteiger charge is 2.08. The third-order valence-corrected chi connectivity index (χ3v) is 2.66. The molecule has 3 nitrogen and oxygen atoms in total. The first-order valence-electron chi connectivity index (χ1n) is 5.70. The van der Waals surface area contributed by atoms with Crippen LogP contribution < -0.4 is 5.32 Å². The fourth-order valence-corrected chi connectivity index (χ4v) is 1.93. The number of nitrogens with one attached hydrogen (secondary N) is 1. The fourth-order valence-electron chi connectivity index (χ4n) is 1.93. The van der Waals surface area contributed by atoms with Gasteiger partial charge in [0.2, 0.25) is 0 Å². The lowest BCUT2D eigenvalue weighted by atomic mass is 9.99. The van der Waals surface area contributed by atoms with E-state index in [9.17, 15) is 4.79 Å². The molecule has 1 aromatic rings. The van der Waals surface area contributed by atoms with E-state index in [2.05, 4.69) is 5.32 Å². The van der Waals surface area contributed by atoms with Gasteiger partial charge in [0.05, 0.1) is 0 Å². The molecule has 0 aromatic heterocycles. The van der Waals surface area contributed by atoms with E-state index in [1.165, 1.54) is 6.08 Å². The van der Waals surface area contributed by atoms with Crippen molar-refractivity contribution in [1.29, 1.82) is 0 Å². The van der Waals surface area contributed by atoms with Gasteiger partial charge in [-0.3, -0.25) is 0 Å². The third kappa shape index (κ3) is 3.48. The van der Waals surface area contributed by atoms with E-state index in [1.54, 1.807) is 0 Å². The molecule has 2 N–H and O–H groups in total. The molecule has 1 aliphatic rings. The predicted octanol–water partition coefficient (Wildman–Crippen LogP) is 3.18. The first kappa shape index (κ1) is 11.5. The van der Waals surface area contributed by atoms with E-state index in [4.69, 9.17) is 5.11 Å². The highest BCUT2D eigenvalue weighted by Crippen LogP contribution is 2.23. The van der Waals surface area contributed by atoms with Crippen LogP contribution in [0.2, 0.25) is 0 Å². The zero-order valence-corrected chi connectivity index (χ0v) is 9.52. The maximum atomic E-state index is 10.6. The Morgan fingerprint density at radius 3 is 2.71 bits per heavy atom. The number of benzene rings is 1. The second kappa shape index (κ2) is 5.34. The van der Waals surface area contributed by atoms with Crippen molar-refractivity contribution in [3.05, 3.63) is 53.8 Å². The Labute approximate surface area is 100 Å². The lowest BCUT2D eigenvalue weighted by molar-refractivity contribution is -0.131. The molecule has 0 amide bonds. The number of carboxylic acids is 1. The molecule has 88 valence electrons. The molecule has 0 spiro atoms. The highest BCUT2D eigenvalue weighted by atomic mass is 16.4. The van der Waals surface area contributed by atoms with Gasteiger partial charge < -0.3 is 10.4 Å². The Balaban J connectivity index is 2.11. The quantitative estimate of drug-likeness (QED) is 0.783. The van der Waals surface area contributed by atoms with Gasteiger partial charge in [0.15, 0.2) is 0 Å². The van der Waals surface area contributed by atoms with Crippen molar-refractivity contribution >= 4 is 11.7 Å². The SMILES string of the molecule is O=C(O)/C=C1/C=C(Nc2ccccc2)CCC1. The van der Waals surface area contributed by atoms with Crippen LogP contribution in [0, 0.1) is 0 Å². The van der Waals surface area contributed by atoms with Gasteiger partial charge in [0.1, 0.15) is 0 Å². The molecule has 0 saturated heterocycles. The summed E-state index contributed by atoms with van der Waals surface area (Å²) in [7, 11) is 0. The van der Waals surface area contributed by atoms with Crippen molar-refractivity contribution in [1.82, 2.24) is 0 Å². The molecule has 0 heterocycles. The molecular formula is C14H15NO2. The lowest BCUT2D eigenvalue weighted by Gasteiger charge is -2.16. The summed E-state index contributed by atoms with van der Waals surface area (Å²) in [5.74, 6) is -0.878. The molecule has 0 saturated carbocycles. The zero-order valence-electron chi connectivity index (χ0n) is 9.52. The molecular weight excluding hydrogens is 214 g/mol. The third-order valence-electron chi connectivity index (χ3n) is 2.66. The summed E-state index contributed by atoms with van der Waals surface area (Å²) in [5, 5.41) is 12.0. The molecule has 1 aliphatic carbocycles. The van der Waals surface area contributed by atoms with Crippen molar-refractivity contribution in [2.24, 2.45) is 0 Å². The second-order valence-electron chi connectivity index (χ2n) is 4.07. The van der Waals surface area contributed by atoms with Crippen LogP contribution in [0.15, 0.2) is 53.8 Å². The first-order chi connectivity index (χ1) is 8.24. The molecule has 0 radical (unpaired) electrons. The molecule has 2 rings (SSSR count). The molecule has 0 aliphatic heterocycles. The van der Waals surface area contributed by atoms with Gasteiger partial charge in [-0.25, -0.2) is 4.79 Å². The zero-order chi connectivity index (χ0) is 12.1. The fraction of sp³-hybridized carbons (Fsp3) is 0.214. The van der Waals surface area contributed by atoms with Crippen LogP contribution in [0.25, 0.3) is 0 Å². The number of para-hydroxylation sites is 1. The van der Waals surface area contributed by atoms with E-state index in [-0.39, 0.29) is 0 Å². The maximum absolute atomic E-state index is 10.6. The predicted molar refractivity (Wildman–Crippen MR) is 67.7 cm³/mol. The Bertz CT molecular complexity index is 460.